The molecule has 0 amide bonds. The monoisotopic (exact) mass is 287 g/mol. The topological polar surface area (TPSA) is 47.7 Å². The van der Waals surface area contributed by atoms with Crippen LogP contribution in [0.3, 0.4) is 0 Å². The van der Waals surface area contributed by atoms with Crippen molar-refractivity contribution in [3.05, 3.63) is 36.7 Å². The number of nitrogens with one attached hydrogen (secondary N) is 1. The Morgan fingerprint density at radius 1 is 1.33 bits per heavy atom. The Morgan fingerprint density at radius 2 is 2.19 bits per heavy atom. The fourth-order valence-corrected chi connectivity index (χ4v) is 2.88. The number of nitrogens with zero attached hydrogens (tertiary/aromatic N) is 4. The molecular weight excluding hydrogens is 262 g/mol. The molecule has 1 fully saturated rings. The molecule has 1 aliphatic rings. The van der Waals surface area contributed by atoms with Gasteiger partial charge >= 0.3 is 0 Å². The van der Waals surface area contributed by atoms with Crippen molar-refractivity contribution < 1.29 is 0 Å². The molecule has 1 aliphatic carbocycles. The number of aryl methyl sites for hydroxylation is 1. The predicted molar refractivity (Wildman–Crippen MR) is 83.0 cm³/mol. The molecule has 2 heterocycles. The van der Waals surface area contributed by atoms with E-state index in [9.17, 15) is 0 Å². The maximum absolute atomic E-state index is 4.38. The molecule has 0 spiro atoms. The number of hydrogen-bond donors (Lipinski definition) is 1. The highest BCUT2D eigenvalue weighted by molar-refractivity contribution is 4.97. The summed E-state index contributed by atoms with van der Waals surface area (Å²) in [5, 5.41) is 8.03. The van der Waals surface area contributed by atoms with Gasteiger partial charge in [0, 0.05) is 62.3 Å². The van der Waals surface area contributed by atoms with Crippen molar-refractivity contribution in [1.29, 1.82) is 0 Å². The second-order valence-corrected chi connectivity index (χ2v) is 6.33. The van der Waals surface area contributed by atoms with E-state index in [0.717, 1.165) is 26.1 Å². The molecule has 114 valence electrons. The molecule has 1 N–H and O–H groups in total. The van der Waals surface area contributed by atoms with Crippen molar-refractivity contribution in [2.45, 2.75) is 52.2 Å². The van der Waals surface area contributed by atoms with E-state index in [0.29, 0.717) is 11.5 Å². The molecule has 21 heavy (non-hydrogen) atoms. The molecule has 1 saturated carbocycles. The fourth-order valence-electron chi connectivity index (χ4n) is 2.88. The second-order valence-electron chi connectivity index (χ2n) is 6.33. The molecule has 1 unspecified atom stereocenters. The predicted octanol–water partition coefficient (Wildman–Crippen LogP) is 2.10. The first-order valence-corrected chi connectivity index (χ1v) is 7.92. The van der Waals surface area contributed by atoms with Crippen molar-refractivity contribution in [3.8, 4) is 0 Å². The Morgan fingerprint density at radius 3 is 2.86 bits per heavy atom. The van der Waals surface area contributed by atoms with E-state index in [-0.39, 0.29) is 0 Å². The number of rotatable bonds is 8. The third-order valence-electron chi connectivity index (χ3n) is 4.43. The zero-order chi connectivity index (χ0) is 14.7. The molecule has 2 aromatic rings. The SMILES string of the molecule is CCc1nccn1CC(C)NCC1(Cn2cccn2)CC1. The van der Waals surface area contributed by atoms with Gasteiger partial charge in [-0.25, -0.2) is 4.98 Å². The standard InChI is InChI=1S/C16H25N5/c1-3-15-17-8-10-20(15)11-14(2)18-12-16(5-6-16)13-21-9-4-7-19-21/h4,7-10,14,18H,3,5-6,11-13H2,1-2H3. The van der Waals surface area contributed by atoms with Crippen LogP contribution in [0.2, 0.25) is 0 Å². The maximum Gasteiger partial charge on any atom is 0.108 e. The smallest absolute Gasteiger partial charge is 0.108 e. The van der Waals surface area contributed by atoms with Crippen LogP contribution in [0.5, 0.6) is 0 Å². The van der Waals surface area contributed by atoms with Gasteiger partial charge < -0.3 is 9.88 Å². The summed E-state index contributed by atoms with van der Waals surface area (Å²) in [5.74, 6) is 1.17. The van der Waals surface area contributed by atoms with Crippen LogP contribution in [0.25, 0.3) is 0 Å². The fraction of sp³-hybridized carbons (Fsp3) is 0.625. The molecule has 2 aromatic heterocycles. The van der Waals surface area contributed by atoms with Gasteiger partial charge in [-0.05, 0) is 25.8 Å². The lowest BCUT2D eigenvalue weighted by Crippen LogP contribution is -2.36. The summed E-state index contributed by atoms with van der Waals surface area (Å²) < 4.78 is 4.31. The molecule has 5 nitrogen and oxygen atoms in total. The lowest BCUT2D eigenvalue weighted by atomic mass is 10.1. The summed E-state index contributed by atoms with van der Waals surface area (Å²) in [6, 6.07) is 2.46. The molecule has 0 bridgehead atoms. The third-order valence-corrected chi connectivity index (χ3v) is 4.43. The van der Waals surface area contributed by atoms with Gasteiger partial charge in [0.1, 0.15) is 5.82 Å². The summed E-state index contributed by atoms with van der Waals surface area (Å²) in [7, 11) is 0. The highest BCUT2D eigenvalue weighted by atomic mass is 15.3. The molecule has 0 saturated heterocycles. The van der Waals surface area contributed by atoms with Crippen LogP contribution in [0, 0.1) is 5.41 Å². The van der Waals surface area contributed by atoms with E-state index in [1.165, 1.54) is 18.7 Å². The lowest BCUT2D eigenvalue weighted by Gasteiger charge is -2.21. The normalized spacial score (nSPS) is 17.8. The van der Waals surface area contributed by atoms with Crippen molar-refractivity contribution >= 4 is 0 Å². The van der Waals surface area contributed by atoms with Gasteiger partial charge in [-0.1, -0.05) is 6.92 Å². The summed E-state index contributed by atoms with van der Waals surface area (Å²) in [6.45, 7) is 7.50. The van der Waals surface area contributed by atoms with Crippen molar-refractivity contribution in [2.75, 3.05) is 6.54 Å². The first-order valence-electron chi connectivity index (χ1n) is 7.92. The van der Waals surface area contributed by atoms with Crippen LogP contribution in [-0.2, 0) is 19.5 Å². The van der Waals surface area contributed by atoms with Crippen LogP contribution in [-0.4, -0.2) is 31.9 Å². The van der Waals surface area contributed by atoms with Crippen LogP contribution >= 0.6 is 0 Å². The quantitative estimate of drug-likeness (QED) is 0.809. The van der Waals surface area contributed by atoms with Crippen molar-refractivity contribution in [1.82, 2.24) is 24.6 Å². The summed E-state index contributed by atoms with van der Waals surface area (Å²) in [6.07, 6.45) is 11.5. The summed E-state index contributed by atoms with van der Waals surface area (Å²) in [5.41, 5.74) is 0.419. The average Bonchev–Trinajstić information content (AvgIpc) is 2.89. The van der Waals surface area contributed by atoms with E-state index in [1.807, 2.05) is 18.5 Å². The highest BCUT2D eigenvalue weighted by Gasteiger charge is 2.42. The largest absolute Gasteiger partial charge is 0.333 e. The minimum Gasteiger partial charge on any atom is -0.333 e. The van der Waals surface area contributed by atoms with Gasteiger partial charge in [0.05, 0.1) is 0 Å². The van der Waals surface area contributed by atoms with E-state index < -0.39 is 0 Å². The molecular formula is C16H25N5. The number of hydrogen-bond acceptors (Lipinski definition) is 3. The van der Waals surface area contributed by atoms with Crippen LogP contribution < -0.4 is 5.32 Å². The van der Waals surface area contributed by atoms with Crippen LogP contribution in [0.1, 0.15) is 32.5 Å². The van der Waals surface area contributed by atoms with E-state index in [1.54, 1.807) is 0 Å². The summed E-state index contributed by atoms with van der Waals surface area (Å²) >= 11 is 0. The first-order chi connectivity index (χ1) is 10.2. The Labute approximate surface area is 126 Å². The minimum absolute atomic E-state index is 0.419. The van der Waals surface area contributed by atoms with Gasteiger partial charge in [0.2, 0.25) is 0 Å². The van der Waals surface area contributed by atoms with E-state index in [4.69, 9.17) is 0 Å². The van der Waals surface area contributed by atoms with Gasteiger partial charge in [-0.2, -0.15) is 5.10 Å². The van der Waals surface area contributed by atoms with Crippen LogP contribution in [0.4, 0.5) is 0 Å². The number of aromatic nitrogens is 4. The lowest BCUT2D eigenvalue weighted by molar-refractivity contribution is 0.343. The summed E-state index contributed by atoms with van der Waals surface area (Å²) in [4.78, 5) is 4.38. The van der Waals surface area contributed by atoms with Gasteiger partial charge in [-0.3, -0.25) is 4.68 Å². The van der Waals surface area contributed by atoms with Crippen LogP contribution in [0.15, 0.2) is 30.9 Å². The van der Waals surface area contributed by atoms with Gasteiger partial charge in [0.25, 0.3) is 0 Å². The Balaban J connectivity index is 1.48. The van der Waals surface area contributed by atoms with Gasteiger partial charge in [-0.15, -0.1) is 0 Å². The molecule has 3 rings (SSSR count). The molecule has 0 aromatic carbocycles. The van der Waals surface area contributed by atoms with E-state index >= 15 is 0 Å². The number of imidazole rings is 1. The molecule has 0 aliphatic heterocycles. The van der Waals surface area contributed by atoms with Crippen molar-refractivity contribution in [2.24, 2.45) is 5.41 Å². The average molecular weight is 287 g/mol. The first kappa shape index (κ1) is 14.3. The molecule has 1 atom stereocenters. The molecule has 0 radical (unpaired) electrons. The van der Waals surface area contributed by atoms with Crippen molar-refractivity contribution in [3.63, 3.8) is 0 Å². The van der Waals surface area contributed by atoms with Gasteiger partial charge in [0.15, 0.2) is 0 Å². The Hall–Kier alpha value is -1.62. The zero-order valence-electron chi connectivity index (χ0n) is 13.0. The zero-order valence-corrected chi connectivity index (χ0v) is 13.0. The third kappa shape index (κ3) is 3.53. The highest BCUT2D eigenvalue weighted by Crippen LogP contribution is 2.46. The Kier molecular flexibility index (Phi) is 4.10. The maximum atomic E-state index is 4.38. The second kappa shape index (κ2) is 6.02. The Bertz CT molecular complexity index is 553. The minimum atomic E-state index is 0.419. The molecule has 5 heteroatoms. The van der Waals surface area contributed by atoms with E-state index in [2.05, 4.69) is 50.9 Å².